The molecule has 1 aliphatic heterocycles. The highest BCUT2D eigenvalue weighted by Gasteiger charge is 2.34. The van der Waals surface area contributed by atoms with Crippen LogP contribution in [0.3, 0.4) is 0 Å². The molecule has 1 aromatic rings. The summed E-state index contributed by atoms with van der Waals surface area (Å²) in [5.74, 6) is -1.03. The van der Waals surface area contributed by atoms with Gasteiger partial charge in [0.2, 0.25) is 5.91 Å². The first-order chi connectivity index (χ1) is 8.63. The van der Waals surface area contributed by atoms with E-state index in [0.29, 0.717) is 6.54 Å². The lowest BCUT2D eigenvalue weighted by Gasteiger charge is -2.33. The number of para-hydroxylation sites is 1. The van der Waals surface area contributed by atoms with Gasteiger partial charge in [0.25, 0.3) is 0 Å². The molecule has 18 heavy (non-hydrogen) atoms. The van der Waals surface area contributed by atoms with Gasteiger partial charge in [0, 0.05) is 11.4 Å². The van der Waals surface area contributed by atoms with E-state index in [-0.39, 0.29) is 12.3 Å². The van der Waals surface area contributed by atoms with Crippen LogP contribution >= 0.6 is 11.8 Å². The number of hydrogen-bond donors (Lipinski definition) is 1. The van der Waals surface area contributed by atoms with Crippen molar-refractivity contribution in [3.63, 3.8) is 0 Å². The molecule has 0 aromatic heterocycles. The van der Waals surface area contributed by atoms with Crippen molar-refractivity contribution in [2.75, 3.05) is 11.4 Å². The topological polar surface area (TPSA) is 57.6 Å². The molecule has 1 N–H and O–H groups in total. The molecule has 1 aliphatic rings. The molecule has 1 aromatic carbocycles. The number of thioether (sulfide) groups is 1. The van der Waals surface area contributed by atoms with Gasteiger partial charge in [-0.3, -0.25) is 9.59 Å². The van der Waals surface area contributed by atoms with Crippen molar-refractivity contribution >= 4 is 29.3 Å². The Kier molecular flexibility index (Phi) is 3.91. The summed E-state index contributed by atoms with van der Waals surface area (Å²) in [4.78, 5) is 25.8. The summed E-state index contributed by atoms with van der Waals surface area (Å²) in [5, 5.41) is 8.35. The van der Waals surface area contributed by atoms with Crippen LogP contribution in [0.15, 0.2) is 29.2 Å². The van der Waals surface area contributed by atoms with Crippen molar-refractivity contribution in [3.05, 3.63) is 24.3 Å². The number of benzene rings is 1. The van der Waals surface area contributed by atoms with Crippen molar-refractivity contribution in [2.45, 2.75) is 29.9 Å². The van der Waals surface area contributed by atoms with Crippen molar-refractivity contribution in [3.8, 4) is 0 Å². The summed E-state index contributed by atoms with van der Waals surface area (Å²) < 4.78 is 0. The Bertz CT molecular complexity index is 475. The maximum atomic E-state index is 12.3. The zero-order valence-electron chi connectivity index (χ0n) is 10.1. The SMILES string of the molecule is CCCN1C(=O)C(CC(=O)O)Sc2ccccc21. The molecule has 1 unspecified atom stereocenters. The zero-order valence-corrected chi connectivity index (χ0v) is 10.9. The van der Waals surface area contributed by atoms with Crippen LogP contribution in [0.1, 0.15) is 19.8 Å². The van der Waals surface area contributed by atoms with Gasteiger partial charge < -0.3 is 10.0 Å². The van der Waals surface area contributed by atoms with Crippen LogP contribution in [0.4, 0.5) is 5.69 Å². The highest BCUT2D eigenvalue weighted by molar-refractivity contribution is 8.01. The lowest BCUT2D eigenvalue weighted by atomic mass is 10.2. The lowest BCUT2D eigenvalue weighted by molar-refractivity contribution is -0.138. The average Bonchev–Trinajstić information content (AvgIpc) is 2.34. The van der Waals surface area contributed by atoms with Crippen LogP contribution in [0, 0.1) is 0 Å². The third kappa shape index (κ3) is 2.51. The van der Waals surface area contributed by atoms with E-state index >= 15 is 0 Å². The molecular formula is C13H15NO3S. The number of amides is 1. The Hall–Kier alpha value is -1.49. The fourth-order valence-corrected chi connectivity index (χ4v) is 3.23. The molecule has 1 atom stereocenters. The molecule has 5 heteroatoms. The standard InChI is InChI=1S/C13H15NO3S/c1-2-7-14-9-5-3-4-6-10(9)18-11(13(14)17)8-12(15)16/h3-6,11H,2,7-8H2,1H3,(H,15,16). The van der Waals surface area contributed by atoms with Crippen LogP contribution in [0.25, 0.3) is 0 Å². The van der Waals surface area contributed by atoms with Crippen LogP contribution in [-0.2, 0) is 9.59 Å². The smallest absolute Gasteiger partial charge is 0.305 e. The van der Waals surface area contributed by atoms with E-state index in [0.717, 1.165) is 17.0 Å². The molecule has 0 radical (unpaired) electrons. The second-order valence-corrected chi connectivity index (χ2v) is 5.41. The molecule has 1 amide bonds. The van der Waals surface area contributed by atoms with E-state index in [2.05, 4.69) is 0 Å². The highest BCUT2D eigenvalue weighted by atomic mass is 32.2. The summed E-state index contributed by atoms with van der Waals surface area (Å²) >= 11 is 1.35. The average molecular weight is 265 g/mol. The quantitative estimate of drug-likeness (QED) is 0.908. The molecule has 2 rings (SSSR count). The number of carbonyl (C=O) groups excluding carboxylic acids is 1. The van der Waals surface area contributed by atoms with E-state index in [4.69, 9.17) is 5.11 Å². The first kappa shape index (κ1) is 13.0. The van der Waals surface area contributed by atoms with Crippen molar-refractivity contribution in [1.82, 2.24) is 0 Å². The minimum absolute atomic E-state index is 0.0945. The van der Waals surface area contributed by atoms with Gasteiger partial charge in [-0.25, -0.2) is 0 Å². The summed E-state index contributed by atoms with van der Waals surface area (Å²) in [6.45, 7) is 2.64. The number of hydrogen-bond acceptors (Lipinski definition) is 3. The monoisotopic (exact) mass is 265 g/mol. The molecule has 0 bridgehead atoms. The Balaban J connectivity index is 2.33. The van der Waals surface area contributed by atoms with Gasteiger partial charge in [0.05, 0.1) is 17.4 Å². The third-order valence-corrected chi connectivity index (χ3v) is 4.03. The fraction of sp³-hybridized carbons (Fsp3) is 0.385. The van der Waals surface area contributed by atoms with Gasteiger partial charge in [-0.2, -0.15) is 0 Å². The maximum Gasteiger partial charge on any atom is 0.305 e. The van der Waals surface area contributed by atoms with E-state index in [9.17, 15) is 9.59 Å². The first-order valence-corrected chi connectivity index (χ1v) is 6.80. The largest absolute Gasteiger partial charge is 0.481 e. The number of carboxylic acids is 1. The second-order valence-electron chi connectivity index (χ2n) is 4.16. The van der Waals surface area contributed by atoms with Gasteiger partial charge in [-0.05, 0) is 18.6 Å². The van der Waals surface area contributed by atoms with Crippen LogP contribution in [0.5, 0.6) is 0 Å². The molecule has 96 valence electrons. The van der Waals surface area contributed by atoms with Gasteiger partial charge in [-0.15, -0.1) is 11.8 Å². The highest BCUT2D eigenvalue weighted by Crippen LogP contribution is 2.40. The van der Waals surface area contributed by atoms with Crippen LogP contribution < -0.4 is 4.90 Å². The van der Waals surface area contributed by atoms with Gasteiger partial charge >= 0.3 is 5.97 Å². The second kappa shape index (κ2) is 5.44. The summed E-state index contributed by atoms with van der Waals surface area (Å²) in [7, 11) is 0. The number of aliphatic carboxylic acids is 1. The Morgan fingerprint density at radius 2 is 2.17 bits per heavy atom. The fourth-order valence-electron chi connectivity index (χ4n) is 2.02. The molecule has 0 spiro atoms. The van der Waals surface area contributed by atoms with Gasteiger partial charge in [0.1, 0.15) is 0 Å². The third-order valence-electron chi connectivity index (χ3n) is 2.77. The Morgan fingerprint density at radius 3 is 2.83 bits per heavy atom. The molecule has 0 fully saturated rings. The molecule has 1 heterocycles. The molecule has 0 saturated heterocycles. The number of carbonyl (C=O) groups is 2. The lowest BCUT2D eigenvalue weighted by Crippen LogP contribution is -2.42. The Morgan fingerprint density at radius 1 is 1.44 bits per heavy atom. The molecular weight excluding hydrogens is 250 g/mol. The van der Waals surface area contributed by atoms with Crippen molar-refractivity contribution < 1.29 is 14.7 Å². The van der Waals surface area contributed by atoms with Gasteiger partial charge in [-0.1, -0.05) is 19.1 Å². The van der Waals surface area contributed by atoms with E-state index in [1.54, 1.807) is 4.90 Å². The minimum atomic E-state index is -0.934. The first-order valence-electron chi connectivity index (χ1n) is 5.92. The number of fused-ring (bicyclic) bond motifs is 1. The van der Waals surface area contributed by atoms with E-state index < -0.39 is 11.2 Å². The predicted octanol–water partition coefficient (Wildman–Crippen LogP) is 2.38. The normalized spacial score (nSPS) is 18.6. The van der Waals surface area contributed by atoms with Crippen molar-refractivity contribution in [1.29, 1.82) is 0 Å². The minimum Gasteiger partial charge on any atom is -0.481 e. The number of carboxylic acid groups (broad SMARTS) is 1. The molecule has 0 saturated carbocycles. The van der Waals surface area contributed by atoms with Crippen molar-refractivity contribution in [2.24, 2.45) is 0 Å². The number of anilines is 1. The van der Waals surface area contributed by atoms with E-state index in [1.165, 1.54) is 11.8 Å². The summed E-state index contributed by atoms with van der Waals surface area (Å²) in [6.07, 6.45) is 0.725. The summed E-state index contributed by atoms with van der Waals surface area (Å²) in [5.41, 5.74) is 0.899. The zero-order chi connectivity index (χ0) is 13.1. The summed E-state index contributed by atoms with van der Waals surface area (Å²) in [6, 6.07) is 7.65. The van der Waals surface area contributed by atoms with E-state index in [1.807, 2.05) is 31.2 Å². The molecule has 0 aliphatic carbocycles. The Labute approximate surface area is 110 Å². The van der Waals surface area contributed by atoms with Gasteiger partial charge in [0.15, 0.2) is 0 Å². The maximum absolute atomic E-state index is 12.3. The molecule has 4 nitrogen and oxygen atoms in total. The number of rotatable bonds is 4. The predicted molar refractivity (Wildman–Crippen MR) is 71.0 cm³/mol. The number of nitrogens with zero attached hydrogens (tertiary/aromatic N) is 1. The van der Waals surface area contributed by atoms with Crippen LogP contribution in [0.2, 0.25) is 0 Å². The van der Waals surface area contributed by atoms with Crippen LogP contribution in [-0.4, -0.2) is 28.8 Å².